The average molecular weight is 320 g/mol. The van der Waals surface area contributed by atoms with Gasteiger partial charge in [0.25, 0.3) is 0 Å². The maximum Gasteiger partial charge on any atom is 0.186 e. The Hall–Kier alpha value is -0.610. The summed E-state index contributed by atoms with van der Waals surface area (Å²) >= 11 is 0. The summed E-state index contributed by atoms with van der Waals surface area (Å²) in [5, 5.41) is 48.5. The fourth-order valence-corrected chi connectivity index (χ4v) is 2.81. The molecule has 1 aliphatic heterocycles. The highest BCUT2D eigenvalue weighted by molar-refractivity contribution is 5.79. The van der Waals surface area contributed by atoms with Gasteiger partial charge in [-0.2, -0.15) is 0 Å². The van der Waals surface area contributed by atoms with Crippen molar-refractivity contribution in [1.29, 1.82) is 0 Å². The molecule has 0 aromatic heterocycles. The van der Waals surface area contributed by atoms with Crippen molar-refractivity contribution in [2.75, 3.05) is 13.2 Å². The first-order chi connectivity index (χ1) is 10.4. The second-order valence-corrected chi connectivity index (χ2v) is 6.08. The van der Waals surface area contributed by atoms with Crippen molar-refractivity contribution in [3.8, 4) is 0 Å². The maximum absolute atomic E-state index is 11.2. The van der Waals surface area contributed by atoms with Gasteiger partial charge in [-0.1, -0.05) is 0 Å². The predicted molar refractivity (Wildman–Crippen MR) is 72.8 cm³/mol. The lowest BCUT2D eigenvalue weighted by atomic mass is 9.82. The summed E-state index contributed by atoms with van der Waals surface area (Å²) in [5.74, 6) is 0.138. The van der Waals surface area contributed by atoms with Crippen LogP contribution in [0.1, 0.15) is 32.1 Å². The molecule has 0 amide bonds. The molecule has 0 aromatic carbocycles. The summed E-state index contributed by atoms with van der Waals surface area (Å²) in [6.07, 6.45) is -4.83. The van der Waals surface area contributed by atoms with Crippen LogP contribution in [0, 0.1) is 0 Å². The molecular formula is C14H24O8. The topological polar surface area (TPSA) is 137 Å². The molecule has 8 heteroatoms. The maximum atomic E-state index is 11.2. The first-order valence-electron chi connectivity index (χ1n) is 7.52. The zero-order valence-electron chi connectivity index (χ0n) is 12.3. The molecule has 0 spiro atoms. The third-order valence-corrected chi connectivity index (χ3v) is 4.44. The molecule has 0 unspecified atom stereocenters. The van der Waals surface area contributed by atoms with Crippen LogP contribution < -0.4 is 0 Å². The van der Waals surface area contributed by atoms with E-state index in [0.717, 1.165) is 0 Å². The molecule has 0 aromatic rings. The van der Waals surface area contributed by atoms with Gasteiger partial charge in [-0.3, -0.25) is 4.79 Å². The lowest BCUT2D eigenvalue weighted by Crippen LogP contribution is -2.59. The van der Waals surface area contributed by atoms with Crippen LogP contribution in [0.25, 0.3) is 0 Å². The summed E-state index contributed by atoms with van der Waals surface area (Å²) in [4.78, 5) is 11.2. The molecule has 2 aliphatic rings. The second kappa shape index (κ2) is 7.31. The van der Waals surface area contributed by atoms with Crippen LogP contribution in [0.5, 0.6) is 0 Å². The minimum atomic E-state index is -1.48. The molecule has 5 atom stereocenters. The number of ether oxygens (including phenoxy) is 2. The van der Waals surface area contributed by atoms with Crippen molar-refractivity contribution in [2.45, 2.75) is 68.4 Å². The number of ketones is 1. The Bertz CT molecular complexity index is 375. The predicted octanol–water partition coefficient (Wildman–Crippen LogP) is -1.93. The van der Waals surface area contributed by atoms with E-state index >= 15 is 0 Å². The Morgan fingerprint density at radius 1 is 1.14 bits per heavy atom. The second-order valence-electron chi connectivity index (χ2n) is 6.08. The highest BCUT2D eigenvalue weighted by atomic mass is 16.7. The fourth-order valence-electron chi connectivity index (χ4n) is 2.81. The van der Waals surface area contributed by atoms with Crippen LogP contribution in [0.4, 0.5) is 0 Å². The summed E-state index contributed by atoms with van der Waals surface area (Å²) in [7, 11) is 0. The van der Waals surface area contributed by atoms with Crippen LogP contribution in [-0.4, -0.2) is 80.8 Å². The Balaban J connectivity index is 1.81. The molecule has 2 fully saturated rings. The molecule has 22 heavy (non-hydrogen) atoms. The zero-order chi connectivity index (χ0) is 16.3. The lowest BCUT2D eigenvalue weighted by molar-refractivity contribution is -0.302. The Labute approximate surface area is 128 Å². The van der Waals surface area contributed by atoms with Crippen LogP contribution >= 0.6 is 0 Å². The molecule has 5 N–H and O–H groups in total. The first kappa shape index (κ1) is 17.7. The van der Waals surface area contributed by atoms with E-state index in [1.165, 1.54) is 0 Å². The number of aliphatic hydroxyl groups is 5. The van der Waals surface area contributed by atoms with Crippen LogP contribution in [0.2, 0.25) is 0 Å². The monoisotopic (exact) mass is 320 g/mol. The van der Waals surface area contributed by atoms with Crippen molar-refractivity contribution >= 4 is 5.78 Å². The van der Waals surface area contributed by atoms with Crippen molar-refractivity contribution < 1.29 is 39.8 Å². The molecule has 1 aliphatic carbocycles. The van der Waals surface area contributed by atoms with Gasteiger partial charge in [-0.25, -0.2) is 0 Å². The molecule has 128 valence electrons. The third-order valence-electron chi connectivity index (χ3n) is 4.44. The van der Waals surface area contributed by atoms with Gasteiger partial charge < -0.3 is 35.0 Å². The van der Waals surface area contributed by atoms with E-state index in [1.807, 2.05) is 0 Å². The number of carbonyl (C=O) groups excluding carboxylic acids is 1. The quantitative estimate of drug-likeness (QED) is 0.395. The standard InChI is InChI=1S/C14H24O8/c15-7-9-10(17)11(18)12(19)13(22-9)21-6-5-14(20)3-1-8(16)2-4-14/h9-13,15,17-20H,1-7H2/t9-,10-,11+,12-,13-/m0/s1. The lowest BCUT2D eigenvalue weighted by Gasteiger charge is -2.40. The van der Waals surface area contributed by atoms with E-state index in [-0.39, 0.29) is 18.8 Å². The van der Waals surface area contributed by atoms with Crippen molar-refractivity contribution in [3.63, 3.8) is 0 Å². The van der Waals surface area contributed by atoms with Gasteiger partial charge in [-0.05, 0) is 19.3 Å². The first-order valence-corrected chi connectivity index (χ1v) is 7.52. The summed E-state index contributed by atoms with van der Waals surface area (Å²) < 4.78 is 10.5. The van der Waals surface area contributed by atoms with Gasteiger partial charge in [0, 0.05) is 12.8 Å². The minimum Gasteiger partial charge on any atom is -0.394 e. The highest BCUT2D eigenvalue weighted by Crippen LogP contribution is 2.30. The zero-order valence-corrected chi connectivity index (χ0v) is 12.3. The smallest absolute Gasteiger partial charge is 0.186 e. The number of rotatable bonds is 5. The van der Waals surface area contributed by atoms with Crippen molar-refractivity contribution in [2.24, 2.45) is 0 Å². The SMILES string of the molecule is O=C1CCC(O)(CCO[C@H]2O[C@@H](CO)[C@H](O)[C@@H](O)[C@@H]2O)CC1. The number of hydrogen-bond acceptors (Lipinski definition) is 8. The average Bonchev–Trinajstić information content (AvgIpc) is 2.50. The van der Waals surface area contributed by atoms with E-state index < -0.39 is 42.9 Å². The summed E-state index contributed by atoms with van der Waals surface area (Å²) in [6, 6.07) is 0. The molecule has 1 saturated carbocycles. The van der Waals surface area contributed by atoms with E-state index in [9.17, 15) is 25.2 Å². The Morgan fingerprint density at radius 2 is 1.77 bits per heavy atom. The molecule has 0 bridgehead atoms. The molecular weight excluding hydrogens is 296 g/mol. The van der Waals surface area contributed by atoms with Crippen LogP contribution in [0.3, 0.4) is 0 Å². The van der Waals surface area contributed by atoms with E-state index in [4.69, 9.17) is 14.6 Å². The van der Waals surface area contributed by atoms with Gasteiger partial charge in [0.1, 0.15) is 30.2 Å². The minimum absolute atomic E-state index is 0.0629. The van der Waals surface area contributed by atoms with Gasteiger partial charge in [-0.15, -0.1) is 0 Å². The van der Waals surface area contributed by atoms with E-state index in [0.29, 0.717) is 25.7 Å². The molecule has 0 radical (unpaired) electrons. The van der Waals surface area contributed by atoms with E-state index in [1.54, 1.807) is 0 Å². The van der Waals surface area contributed by atoms with Gasteiger partial charge in [0.05, 0.1) is 18.8 Å². The number of Topliss-reactive ketones (excluding diaryl/α,β-unsaturated/α-hetero) is 1. The van der Waals surface area contributed by atoms with Crippen molar-refractivity contribution in [3.05, 3.63) is 0 Å². The molecule has 8 nitrogen and oxygen atoms in total. The normalized spacial score (nSPS) is 39.0. The fraction of sp³-hybridized carbons (Fsp3) is 0.929. The van der Waals surface area contributed by atoms with E-state index in [2.05, 4.69) is 0 Å². The highest BCUT2D eigenvalue weighted by Gasteiger charge is 2.44. The Kier molecular flexibility index (Phi) is 5.89. The molecule has 1 saturated heterocycles. The van der Waals surface area contributed by atoms with Gasteiger partial charge in [0.15, 0.2) is 6.29 Å². The van der Waals surface area contributed by atoms with Crippen LogP contribution in [0.15, 0.2) is 0 Å². The van der Waals surface area contributed by atoms with Gasteiger partial charge in [0.2, 0.25) is 0 Å². The summed E-state index contributed by atoms with van der Waals surface area (Å²) in [6.45, 7) is -0.454. The van der Waals surface area contributed by atoms with Gasteiger partial charge >= 0.3 is 0 Å². The van der Waals surface area contributed by atoms with Crippen molar-refractivity contribution in [1.82, 2.24) is 0 Å². The third kappa shape index (κ3) is 4.02. The summed E-state index contributed by atoms with van der Waals surface area (Å²) in [5.41, 5.74) is -0.970. The number of aliphatic hydroxyl groups excluding tert-OH is 4. The molecule has 1 heterocycles. The Morgan fingerprint density at radius 3 is 2.36 bits per heavy atom. The molecule has 2 rings (SSSR count). The largest absolute Gasteiger partial charge is 0.394 e. The number of hydrogen-bond donors (Lipinski definition) is 5. The van der Waals surface area contributed by atoms with Crippen LogP contribution in [-0.2, 0) is 14.3 Å². The number of carbonyl (C=O) groups is 1.